The molecule has 0 radical (unpaired) electrons. The molecule has 0 spiro atoms. The van der Waals surface area contributed by atoms with E-state index >= 15 is 4.79 Å². The van der Waals surface area contributed by atoms with Gasteiger partial charge in [0.1, 0.15) is 34.0 Å². The van der Waals surface area contributed by atoms with Gasteiger partial charge in [-0.3, -0.25) is 28.8 Å². The van der Waals surface area contributed by atoms with E-state index in [9.17, 15) is 29.1 Å². The molecule has 0 aliphatic carbocycles. The van der Waals surface area contributed by atoms with Crippen LogP contribution in [0.2, 0.25) is 0 Å². The summed E-state index contributed by atoms with van der Waals surface area (Å²) in [6.07, 6.45) is 7.42. The van der Waals surface area contributed by atoms with Crippen molar-refractivity contribution in [3.8, 4) is 40.1 Å². The molecule has 13 heteroatoms. The first kappa shape index (κ1) is 52.0. The fraction of sp³-hybridized carbons (Fsp3) is 0.519. The lowest BCUT2D eigenvalue weighted by Crippen LogP contribution is -2.41. The third kappa shape index (κ3) is 13.4. The lowest BCUT2D eigenvalue weighted by Gasteiger charge is -2.36. The summed E-state index contributed by atoms with van der Waals surface area (Å²) in [5, 5.41) is 10.9. The first-order valence-electron chi connectivity index (χ1n) is 23.5. The van der Waals surface area contributed by atoms with Crippen LogP contribution in [-0.2, 0) is 30.4 Å². The minimum absolute atomic E-state index is 0.0165. The van der Waals surface area contributed by atoms with Crippen LogP contribution < -0.4 is 29.1 Å². The van der Waals surface area contributed by atoms with Crippen LogP contribution in [0.25, 0.3) is 22.3 Å². The van der Waals surface area contributed by atoms with E-state index in [0.29, 0.717) is 48.5 Å². The number of ether oxygens (including phenoxy) is 5. The van der Waals surface area contributed by atoms with E-state index in [-0.39, 0.29) is 63.0 Å². The van der Waals surface area contributed by atoms with Crippen molar-refractivity contribution in [3.63, 3.8) is 0 Å². The highest BCUT2D eigenvalue weighted by atomic mass is 16.6. The van der Waals surface area contributed by atoms with Gasteiger partial charge in [0, 0.05) is 44.5 Å². The zero-order valence-electron chi connectivity index (χ0n) is 41.0. The normalized spacial score (nSPS) is 15.3. The van der Waals surface area contributed by atoms with E-state index in [1.165, 1.54) is 63.9 Å². The third-order valence-corrected chi connectivity index (χ3v) is 13.6. The number of carbonyl (C=O) groups excluding carboxylic acids is 4. The number of esters is 4. The molecular formula is C54H68O13. The highest BCUT2D eigenvalue weighted by Crippen LogP contribution is 2.46. The Balaban J connectivity index is 1.52. The van der Waals surface area contributed by atoms with Crippen LogP contribution in [0.4, 0.5) is 0 Å². The molecule has 1 N–H and O–H groups in total. The van der Waals surface area contributed by atoms with Gasteiger partial charge in [-0.05, 0) is 104 Å². The summed E-state index contributed by atoms with van der Waals surface area (Å²) in [4.78, 5) is 78.7. The van der Waals surface area contributed by atoms with Crippen LogP contribution in [0, 0.1) is 34.5 Å². The number of carbonyl (C=O) groups is 5. The number of hydrogen-bond acceptors (Lipinski definition) is 12. The average Bonchev–Trinajstić information content (AvgIpc) is 3.23. The smallest absolute Gasteiger partial charge is 0.318 e. The SMILES string of the molecule is CC(=O)Oc1cc(OC(=O)C(C)(CCCC(C)C(C)CC(C)C(C)(C)CCCC(C)C)C(C(=O)O)c2ccc3c(c2)CCCO3)c2c(=O)cc(-c3ccc(OC(C)=O)c(OC(C)=O)c3)oc2c1. The summed E-state index contributed by atoms with van der Waals surface area (Å²) in [6, 6.07) is 13.1. The number of aliphatic carboxylic acids is 1. The Morgan fingerprint density at radius 2 is 1.40 bits per heavy atom. The minimum Gasteiger partial charge on any atom is -0.493 e. The standard InChI is InChI=1S/C54H68O13/c1-31(2)15-12-22-53(9,10)34(5)25-33(4)32(3)16-13-23-54(11,50(51(59)60)40-19-20-43-38(26-40)17-14-24-62-43)52(61)67-48-29-41(63-35(6)55)28-47-49(48)42(58)30-45(66-47)39-18-21-44(64-36(7)56)46(27-39)65-37(8)57/h18-21,26-34,50H,12-17,22-25H2,1-11H3,(H,59,60). The van der Waals surface area contributed by atoms with Crippen molar-refractivity contribution in [2.45, 2.75) is 140 Å². The molecule has 5 rings (SSSR count). The molecular weight excluding hydrogens is 857 g/mol. The monoisotopic (exact) mass is 924 g/mol. The Kier molecular flexibility index (Phi) is 17.2. The van der Waals surface area contributed by atoms with Crippen molar-refractivity contribution in [3.05, 3.63) is 75.9 Å². The molecule has 5 atom stereocenters. The van der Waals surface area contributed by atoms with Crippen LogP contribution >= 0.6 is 0 Å². The van der Waals surface area contributed by atoms with Gasteiger partial charge in [0.15, 0.2) is 16.9 Å². The molecule has 2 heterocycles. The molecule has 0 saturated heterocycles. The molecule has 0 bridgehead atoms. The van der Waals surface area contributed by atoms with E-state index in [0.717, 1.165) is 37.3 Å². The predicted octanol–water partition coefficient (Wildman–Crippen LogP) is 11.7. The zero-order valence-corrected chi connectivity index (χ0v) is 41.0. The van der Waals surface area contributed by atoms with Crippen molar-refractivity contribution in [1.82, 2.24) is 0 Å². The Morgan fingerprint density at radius 3 is 2.06 bits per heavy atom. The van der Waals surface area contributed by atoms with Gasteiger partial charge in [0.25, 0.3) is 0 Å². The molecule has 1 aliphatic rings. The van der Waals surface area contributed by atoms with Crippen LogP contribution in [0.3, 0.4) is 0 Å². The Labute approximate surface area is 393 Å². The van der Waals surface area contributed by atoms with Crippen molar-refractivity contribution < 1.29 is 57.2 Å². The third-order valence-electron chi connectivity index (χ3n) is 13.6. The minimum atomic E-state index is -1.68. The molecule has 0 amide bonds. The topological polar surface area (TPSA) is 182 Å². The summed E-state index contributed by atoms with van der Waals surface area (Å²) in [5.41, 5.74) is -0.761. The summed E-state index contributed by atoms with van der Waals surface area (Å²) in [7, 11) is 0. The highest BCUT2D eigenvalue weighted by Gasteiger charge is 2.48. The molecule has 4 aromatic rings. The van der Waals surface area contributed by atoms with Crippen molar-refractivity contribution in [2.75, 3.05) is 6.61 Å². The lowest BCUT2D eigenvalue weighted by atomic mass is 9.68. The van der Waals surface area contributed by atoms with Crippen LogP contribution in [-0.4, -0.2) is 41.6 Å². The van der Waals surface area contributed by atoms with E-state index in [2.05, 4.69) is 48.5 Å². The van der Waals surface area contributed by atoms with Gasteiger partial charge < -0.3 is 33.2 Å². The number of rotatable bonds is 21. The fourth-order valence-electron chi connectivity index (χ4n) is 9.13. The van der Waals surface area contributed by atoms with E-state index in [1.807, 2.05) is 0 Å². The van der Waals surface area contributed by atoms with Crippen molar-refractivity contribution >= 4 is 40.8 Å². The Hall–Kier alpha value is -5.98. The predicted molar refractivity (Wildman–Crippen MR) is 255 cm³/mol. The Bertz CT molecular complexity index is 2510. The van der Waals surface area contributed by atoms with Gasteiger partial charge in [-0.2, -0.15) is 0 Å². The molecule has 1 aromatic heterocycles. The van der Waals surface area contributed by atoms with Gasteiger partial charge in [-0.25, -0.2) is 0 Å². The second-order valence-corrected chi connectivity index (χ2v) is 19.9. The number of carboxylic acids is 1. The van der Waals surface area contributed by atoms with Crippen LogP contribution in [0.1, 0.15) is 145 Å². The summed E-state index contributed by atoms with van der Waals surface area (Å²) < 4.78 is 34.1. The Morgan fingerprint density at radius 1 is 0.731 bits per heavy atom. The highest BCUT2D eigenvalue weighted by molar-refractivity contribution is 5.93. The maximum absolute atomic E-state index is 15.0. The second kappa shape index (κ2) is 22.2. The largest absolute Gasteiger partial charge is 0.493 e. The molecule has 5 unspecified atom stereocenters. The summed E-state index contributed by atoms with van der Waals surface area (Å²) in [6.45, 7) is 21.7. The van der Waals surface area contributed by atoms with Gasteiger partial charge in [0.2, 0.25) is 0 Å². The maximum Gasteiger partial charge on any atom is 0.318 e. The second-order valence-electron chi connectivity index (χ2n) is 19.9. The quantitative estimate of drug-likeness (QED) is 0.0616. The van der Waals surface area contributed by atoms with Gasteiger partial charge in [-0.1, -0.05) is 86.3 Å². The van der Waals surface area contributed by atoms with Crippen LogP contribution in [0.15, 0.2) is 63.8 Å². The average molecular weight is 925 g/mol. The van der Waals surface area contributed by atoms with E-state index in [4.69, 9.17) is 28.1 Å². The number of carboxylic acid groups (broad SMARTS) is 1. The van der Waals surface area contributed by atoms with Crippen molar-refractivity contribution in [2.24, 2.45) is 34.5 Å². The maximum atomic E-state index is 15.0. The molecule has 362 valence electrons. The van der Waals surface area contributed by atoms with E-state index < -0.39 is 46.6 Å². The number of hydrogen-bond donors (Lipinski definition) is 1. The number of benzene rings is 3. The van der Waals surface area contributed by atoms with Crippen molar-refractivity contribution in [1.29, 1.82) is 0 Å². The summed E-state index contributed by atoms with van der Waals surface area (Å²) in [5.74, 6) is -3.65. The zero-order chi connectivity index (χ0) is 49.4. The van der Waals surface area contributed by atoms with Gasteiger partial charge >= 0.3 is 29.8 Å². The first-order valence-corrected chi connectivity index (χ1v) is 23.5. The summed E-state index contributed by atoms with van der Waals surface area (Å²) >= 11 is 0. The number of fused-ring (bicyclic) bond motifs is 2. The molecule has 67 heavy (non-hydrogen) atoms. The molecule has 1 aliphatic heterocycles. The molecule has 3 aromatic carbocycles. The molecule has 0 saturated carbocycles. The molecule has 13 nitrogen and oxygen atoms in total. The number of aryl methyl sites for hydroxylation is 1. The fourth-order valence-corrected chi connectivity index (χ4v) is 9.13. The molecule has 0 fully saturated rings. The lowest BCUT2D eigenvalue weighted by molar-refractivity contribution is -0.155. The van der Waals surface area contributed by atoms with Gasteiger partial charge in [0.05, 0.1) is 17.9 Å². The van der Waals surface area contributed by atoms with E-state index in [1.54, 1.807) is 25.1 Å². The van der Waals surface area contributed by atoms with Crippen LogP contribution in [0.5, 0.6) is 28.7 Å². The van der Waals surface area contributed by atoms with Gasteiger partial charge in [-0.15, -0.1) is 0 Å². The first-order chi connectivity index (χ1) is 31.5.